The van der Waals surface area contributed by atoms with Crippen LogP contribution in [0.1, 0.15) is 26.2 Å². The van der Waals surface area contributed by atoms with Crippen molar-refractivity contribution in [2.75, 3.05) is 26.3 Å². The van der Waals surface area contributed by atoms with E-state index >= 15 is 0 Å². The zero-order chi connectivity index (χ0) is 9.31. The van der Waals surface area contributed by atoms with E-state index in [1.54, 1.807) is 0 Å². The summed E-state index contributed by atoms with van der Waals surface area (Å²) in [4.78, 5) is 2.40. The lowest BCUT2D eigenvalue weighted by Gasteiger charge is -2.22. The molecule has 0 bridgehead atoms. The van der Waals surface area contributed by atoms with Crippen LogP contribution in [0, 0.1) is 0 Å². The Bertz CT molecular complexity index is 182. The molecule has 1 saturated carbocycles. The van der Waals surface area contributed by atoms with E-state index in [1.807, 2.05) is 6.92 Å². The Morgan fingerprint density at radius 2 is 2.31 bits per heavy atom. The van der Waals surface area contributed by atoms with Gasteiger partial charge in [0.05, 0.1) is 6.61 Å². The number of β-amino-alcohol motifs (C(OH)–C–C–N with tert-alkyl or cyclic N) is 1. The van der Waals surface area contributed by atoms with Crippen molar-refractivity contribution in [1.82, 2.24) is 4.90 Å². The van der Waals surface area contributed by atoms with Crippen LogP contribution < -0.4 is 0 Å². The Hall–Kier alpha value is -0.120. The lowest BCUT2D eigenvalue weighted by molar-refractivity contribution is -0.0357. The van der Waals surface area contributed by atoms with Crippen molar-refractivity contribution in [1.29, 1.82) is 0 Å². The Kier molecular flexibility index (Phi) is 2.58. The molecule has 0 aromatic carbocycles. The van der Waals surface area contributed by atoms with Crippen LogP contribution in [0.2, 0.25) is 0 Å². The van der Waals surface area contributed by atoms with Gasteiger partial charge in [0.15, 0.2) is 0 Å². The third-order valence-electron chi connectivity index (χ3n) is 3.00. The maximum absolute atomic E-state index is 10.1. The van der Waals surface area contributed by atoms with Crippen LogP contribution in [0.4, 0.5) is 0 Å². The highest BCUT2D eigenvalue weighted by Crippen LogP contribution is 2.33. The van der Waals surface area contributed by atoms with Gasteiger partial charge in [0.1, 0.15) is 5.60 Å². The van der Waals surface area contributed by atoms with Gasteiger partial charge >= 0.3 is 0 Å². The summed E-state index contributed by atoms with van der Waals surface area (Å²) in [7, 11) is 0. The van der Waals surface area contributed by atoms with E-state index in [0.717, 1.165) is 25.6 Å². The van der Waals surface area contributed by atoms with Crippen LogP contribution in [-0.4, -0.2) is 48.0 Å². The molecule has 1 saturated heterocycles. The van der Waals surface area contributed by atoms with E-state index in [0.29, 0.717) is 13.2 Å². The minimum absolute atomic E-state index is 0.507. The van der Waals surface area contributed by atoms with Gasteiger partial charge in [-0.3, -0.25) is 4.90 Å². The highest BCUT2D eigenvalue weighted by Gasteiger charge is 2.41. The normalized spacial score (nSPS) is 35.5. The number of hydrogen-bond acceptors (Lipinski definition) is 3. The quantitative estimate of drug-likeness (QED) is 0.697. The topological polar surface area (TPSA) is 32.7 Å². The molecule has 0 radical (unpaired) electrons. The van der Waals surface area contributed by atoms with Crippen molar-refractivity contribution in [3.63, 3.8) is 0 Å². The molecule has 2 fully saturated rings. The maximum Gasteiger partial charge on any atom is 0.102 e. The minimum atomic E-state index is -0.557. The monoisotopic (exact) mass is 185 g/mol. The molecule has 1 aliphatic heterocycles. The summed E-state index contributed by atoms with van der Waals surface area (Å²) in [5.74, 6) is 0. The van der Waals surface area contributed by atoms with Gasteiger partial charge < -0.3 is 9.84 Å². The molecule has 1 heterocycles. The molecule has 13 heavy (non-hydrogen) atoms. The van der Waals surface area contributed by atoms with Crippen molar-refractivity contribution in [2.45, 2.75) is 37.8 Å². The molecule has 76 valence electrons. The molecule has 0 aromatic heterocycles. The number of aliphatic hydroxyl groups is 1. The first-order chi connectivity index (χ1) is 6.23. The van der Waals surface area contributed by atoms with E-state index < -0.39 is 5.60 Å². The van der Waals surface area contributed by atoms with Crippen molar-refractivity contribution in [2.24, 2.45) is 0 Å². The second kappa shape index (κ2) is 3.56. The molecule has 2 aliphatic rings. The Morgan fingerprint density at radius 3 is 2.92 bits per heavy atom. The number of ether oxygens (including phenoxy) is 1. The zero-order valence-corrected chi connectivity index (χ0v) is 8.33. The van der Waals surface area contributed by atoms with E-state index in [2.05, 4.69) is 4.90 Å². The first-order valence-electron chi connectivity index (χ1n) is 5.28. The molecule has 1 N–H and O–H groups in total. The van der Waals surface area contributed by atoms with E-state index in [1.165, 1.54) is 12.8 Å². The third kappa shape index (κ3) is 2.22. The fourth-order valence-electron chi connectivity index (χ4n) is 2.05. The minimum Gasteiger partial charge on any atom is -0.386 e. The van der Waals surface area contributed by atoms with Crippen molar-refractivity contribution >= 4 is 0 Å². The average molecular weight is 185 g/mol. The molecule has 3 heteroatoms. The first-order valence-corrected chi connectivity index (χ1v) is 5.28. The summed E-state index contributed by atoms with van der Waals surface area (Å²) in [5.41, 5.74) is -0.557. The molecule has 1 atom stereocenters. The number of hydrogen-bond donors (Lipinski definition) is 1. The summed E-state index contributed by atoms with van der Waals surface area (Å²) < 4.78 is 5.29. The van der Waals surface area contributed by atoms with Gasteiger partial charge in [-0.1, -0.05) is 0 Å². The summed E-state index contributed by atoms with van der Waals surface area (Å²) in [6.45, 7) is 5.04. The number of nitrogens with zero attached hydrogens (tertiary/aromatic N) is 1. The highest BCUT2D eigenvalue weighted by molar-refractivity contribution is 4.96. The first kappa shape index (κ1) is 9.44. The van der Waals surface area contributed by atoms with Crippen molar-refractivity contribution in [3.8, 4) is 0 Å². The predicted molar refractivity (Wildman–Crippen MR) is 50.7 cm³/mol. The summed E-state index contributed by atoms with van der Waals surface area (Å²) in [6.07, 6.45) is 3.53. The zero-order valence-electron chi connectivity index (χ0n) is 8.33. The van der Waals surface area contributed by atoms with E-state index in [4.69, 9.17) is 4.74 Å². The van der Waals surface area contributed by atoms with Gasteiger partial charge in [-0.25, -0.2) is 0 Å². The standard InChI is InChI=1S/C10H19NO2/c1-2-13-8-10(12)5-6-11(7-10)9-3-4-9/h9,12H,2-8H2,1H3. The molecule has 3 nitrogen and oxygen atoms in total. The molecule has 0 aromatic rings. The van der Waals surface area contributed by atoms with Crippen LogP contribution in [0.25, 0.3) is 0 Å². The highest BCUT2D eigenvalue weighted by atomic mass is 16.5. The Morgan fingerprint density at radius 1 is 1.54 bits per heavy atom. The Balaban J connectivity index is 1.80. The van der Waals surface area contributed by atoms with Gasteiger partial charge in [-0.15, -0.1) is 0 Å². The molecule has 0 amide bonds. The summed E-state index contributed by atoms with van der Waals surface area (Å²) in [5, 5.41) is 10.1. The summed E-state index contributed by atoms with van der Waals surface area (Å²) >= 11 is 0. The lowest BCUT2D eigenvalue weighted by Crippen LogP contribution is -2.38. The smallest absolute Gasteiger partial charge is 0.102 e. The fraction of sp³-hybridized carbons (Fsp3) is 1.00. The maximum atomic E-state index is 10.1. The van der Waals surface area contributed by atoms with Gasteiger partial charge in [0, 0.05) is 25.7 Å². The second-order valence-electron chi connectivity index (χ2n) is 4.31. The lowest BCUT2D eigenvalue weighted by atomic mass is 10.1. The number of rotatable bonds is 4. The SMILES string of the molecule is CCOCC1(O)CCN(C2CC2)C1. The van der Waals surface area contributed by atoms with E-state index in [-0.39, 0.29) is 0 Å². The van der Waals surface area contributed by atoms with Crippen LogP contribution in [0.5, 0.6) is 0 Å². The molecule has 2 rings (SSSR count). The molecule has 0 spiro atoms. The molecular formula is C10H19NO2. The van der Waals surface area contributed by atoms with Crippen LogP contribution in [0.3, 0.4) is 0 Å². The van der Waals surface area contributed by atoms with Crippen LogP contribution in [0.15, 0.2) is 0 Å². The number of likely N-dealkylation sites (tertiary alicyclic amines) is 1. The molecule has 1 unspecified atom stereocenters. The van der Waals surface area contributed by atoms with Gasteiger partial charge in [-0.05, 0) is 26.2 Å². The fourth-order valence-corrected chi connectivity index (χ4v) is 2.05. The molecular weight excluding hydrogens is 166 g/mol. The summed E-state index contributed by atoms with van der Waals surface area (Å²) in [6, 6.07) is 0.774. The average Bonchev–Trinajstić information content (AvgIpc) is 2.89. The predicted octanol–water partition coefficient (Wildman–Crippen LogP) is 0.622. The van der Waals surface area contributed by atoms with Crippen LogP contribution in [-0.2, 0) is 4.74 Å². The van der Waals surface area contributed by atoms with Gasteiger partial charge in [0.2, 0.25) is 0 Å². The Labute approximate surface area is 79.7 Å². The largest absolute Gasteiger partial charge is 0.386 e. The van der Waals surface area contributed by atoms with E-state index in [9.17, 15) is 5.11 Å². The van der Waals surface area contributed by atoms with Gasteiger partial charge in [-0.2, -0.15) is 0 Å². The molecule has 1 aliphatic carbocycles. The van der Waals surface area contributed by atoms with Crippen molar-refractivity contribution in [3.05, 3.63) is 0 Å². The second-order valence-corrected chi connectivity index (χ2v) is 4.31. The van der Waals surface area contributed by atoms with Crippen molar-refractivity contribution < 1.29 is 9.84 Å². The van der Waals surface area contributed by atoms with Gasteiger partial charge in [0.25, 0.3) is 0 Å². The van der Waals surface area contributed by atoms with Crippen LogP contribution >= 0.6 is 0 Å². The third-order valence-corrected chi connectivity index (χ3v) is 3.00.